The second-order valence-corrected chi connectivity index (χ2v) is 5.11. The number of ether oxygens (including phenoxy) is 1. The number of hydrogen-bond donors (Lipinski definition) is 1. The van der Waals surface area contributed by atoms with Crippen LogP contribution in [-0.2, 0) is 4.74 Å². The van der Waals surface area contributed by atoms with Crippen molar-refractivity contribution < 1.29 is 14.4 Å². The zero-order valence-corrected chi connectivity index (χ0v) is 11.7. The molecule has 0 saturated carbocycles. The van der Waals surface area contributed by atoms with E-state index in [1.54, 1.807) is 0 Å². The first-order chi connectivity index (χ1) is 9.69. The van der Waals surface area contributed by atoms with E-state index in [0.29, 0.717) is 31.3 Å². The fraction of sp³-hybridized carbons (Fsp3) is 0.615. The Morgan fingerprint density at radius 1 is 1.35 bits per heavy atom. The highest BCUT2D eigenvalue weighted by atomic mass is 16.5. The SMILES string of the molecule is Cc1nc(N2CCOC[C@H](CO)C2)c2c(C)noc2n1. The maximum absolute atomic E-state index is 9.39. The van der Waals surface area contributed by atoms with Crippen LogP contribution >= 0.6 is 0 Å². The lowest BCUT2D eigenvalue weighted by Gasteiger charge is -2.24. The molecule has 1 fully saturated rings. The molecule has 1 atom stereocenters. The van der Waals surface area contributed by atoms with Gasteiger partial charge in [0.15, 0.2) is 0 Å². The van der Waals surface area contributed by atoms with E-state index in [2.05, 4.69) is 20.0 Å². The zero-order chi connectivity index (χ0) is 14.1. The van der Waals surface area contributed by atoms with E-state index in [1.807, 2.05) is 13.8 Å². The number of nitrogens with zero attached hydrogens (tertiary/aromatic N) is 4. The van der Waals surface area contributed by atoms with Crippen molar-refractivity contribution in [3.63, 3.8) is 0 Å². The Labute approximate surface area is 116 Å². The van der Waals surface area contributed by atoms with Crippen LogP contribution < -0.4 is 4.90 Å². The molecule has 2 aromatic heterocycles. The Morgan fingerprint density at radius 2 is 2.20 bits per heavy atom. The Hall–Kier alpha value is -1.73. The highest BCUT2D eigenvalue weighted by Crippen LogP contribution is 2.28. The number of anilines is 1. The molecule has 1 aliphatic rings. The third-order valence-electron chi connectivity index (χ3n) is 3.49. The maximum atomic E-state index is 9.39. The van der Waals surface area contributed by atoms with Crippen molar-refractivity contribution in [2.24, 2.45) is 5.92 Å². The smallest absolute Gasteiger partial charge is 0.263 e. The monoisotopic (exact) mass is 278 g/mol. The normalized spacial score (nSPS) is 20.4. The van der Waals surface area contributed by atoms with Crippen LogP contribution in [0.25, 0.3) is 11.1 Å². The van der Waals surface area contributed by atoms with Crippen LogP contribution in [0.15, 0.2) is 4.52 Å². The molecule has 7 nitrogen and oxygen atoms in total. The van der Waals surface area contributed by atoms with Crippen LogP contribution in [0.4, 0.5) is 5.82 Å². The number of aliphatic hydroxyl groups is 1. The Kier molecular flexibility index (Phi) is 3.54. The molecule has 108 valence electrons. The number of aryl methyl sites for hydroxylation is 2. The Bertz CT molecular complexity index is 613. The van der Waals surface area contributed by atoms with E-state index in [0.717, 1.165) is 23.4 Å². The number of hydrogen-bond acceptors (Lipinski definition) is 7. The van der Waals surface area contributed by atoms with Crippen molar-refractivity contribution in [3.8, 4) is 0 Å². The van der Waals surface area contributed by atoms with Gasteiger partial charge in [-0.1, -0.05) is 5.16 Å². The first-order valence-corrected chi connectivity index (χ1v) is 6.73. The van der Waals surface area contributed by atoms with Gasteiger partial charge in [0.2, 0.25) is 0 Å². The van der Waals surface area contributed by atoms with E-state index >= 15 is 0 Å². The molecule has 0 spiro atoms. The minimum absolute atomic E-state index is 0.0861. The highest BCUT2D eigenvalue weighted by Gasteiger charge is 2.23. The number of aromatic nitrogens is 3. The third-order valence-corrected chi connectivity index (χ3v) is 3.49. The first kappa shape index (κ1) is 13.3. The van der Waals surface area contributed by atoms with Gasteiger partial charge < -0.3 is 19.3 Å². The number of fused-ring (bicyclic) bond motifs is 1. The summed E-state index contributed by atoms with van der Waals surface area (Å²) in [4.78, 5) is 10.9. The molecule has 0 amide bonds. The maximum Gasteiger partial charge on any atom is 0.263 e. The van der Waals surface area contributed by atoms with E-state index < -0.39 is 0 Å². The molecule has 0 unspecified atom stereocenters. The summed E-state index contributed by atoms with van der Waals surface area (Å²) in [6.45, 7) is 6.43. The van der Waals surface area contributed by atoms with Gasteiger partial charge in [-0.15, -0.1) is 0 Å². The lowest BCUT2D eigenvalue weighted by atomic mass is 10.1. The molecule has 1 N–H and O–H groups in total. The van der Waals surface area contributed by atoms with Gasteiger partial charge in [-0.25, -0.2) is 4.98 Å². The minimum atomic E-state index is 0.0861. The van der Waals surface area contributed by atoms with Crippen LogP contribution in [0.5, 0.6) is 0 Å². The van der Waals surface area contributed by atoms with E-state index in [1.165, 1.54) is 0 Å². The summed E-state index contributed by atoms with van der Waals surface area (Å²) in [6, 6.07) is 0. The molecule has 20 heavy (non-hydrogen) atoms. The predicted octanol–water partition coefficient (Wildman–Crippen LogP) is 0.680. The molecule has 3 rings (SSSR count). The van der Waals surface area contributed by atoms with Gasteiger partial charge in [0.1, 0.15) is 17.0 Å². The van der Waals surface area contributed by atoms with Crippen LogP contribution in [-0.4, -0.2) is 53.1 Å². The molecule has 0 bridgehead atoms. The highest BCUT2D eigenvalue weighted by molar-refractivity contribution is 5.88. The number of rotatable bonds is 2. The quantitative estimate of drug-likeness (QED) is 0.864. The predicted molar refractivity (Wildman–Crippen MR) is 72.7 cm³/mol. The largest absolute Gasteiger partial charge is 0.396 e. The molecule has 3 heterocycles. The van der Waals surface area contributed by atoms with Gasteiger partial charge >= 0.3 is 0 Å². The third kappa shape index (κ3) is 2.34. The van der Waals surface area contributed by atoms with Crippen LogP contribution in [0.1, 0.15) is 11.5 Å². The van der Waals surface area contributed by atoms with Gasteiger partial charge in [-0.05, 0) is 13.8 Å². The summed E-state index contributed by atoms with van der Waals surface area (Å²) in [7, 11) is 0. The first-order valence-electron chi connectivity index (χ1n) is 6.73. The van der Waals surface area contributed by atoms with Crippen molar-refractivity contribution >= 4 is 16.9 Å². The van der Waals surface area contributed by atoms with Crippen molar-refractivity contribution in [2.75, 3.05) is 37.8 Å². The van der Waals surface area contributed by atoms with Gasteiger partial charge in [0.05, 0.1) is 18.9 Å². The van der Waals surface area contributed by atoms with Crippen molar-refractivity contribution in [3.05, 3.63) is 11.5 Å². The van der Waals surface area contributed by atoms with Gasteiger partial charge in [-0.3, -0.25) is 0 Å². The van der Waals surface area contributed by atoms with Crippen molar-refractivity contribution in [1.82, 2.24) is 15.1 Å². The summed E-state index contributed by atoms with van der Waals surface area (Å²) in [5, 5.41) is 14.2. The molecule has 1 aliphatic heterocycles. The van der Waals surface area contributed by atoms with E-state index in [-0.39, 0.29) is 12.5 Å². The van der Waals surface area contributed by atoms with E-state index in [4.69, 9.17) is 9.26 Å². The molecule has 2 aromatic rings. The van der Waals surface area contributed by atoms with Crippen molar-refractivity contribution in [1.29, 1.82) is 0 Å². The fourth-order valence-electron chi connectivity index (χ4n) is 2.48. The fourth-order valence-corrected chi connectivity index (χ4v) is 2.48. The molecule has 0 aromatic carbocycles. The van der Waals surface area contributed by atoms with Crippen LogP contribution in [0.3, 0.4) is 0 Å². The minimum Gasteiger partial charge on any atom is -0.396 e. The Morgan fingerprint density at radius 3 is 3.00 bits per heavy atom. The summed E-state index contributed by atoms with van der Waals surface area (Å²) >= 11 is 0. The van der Waals surface area contributed by atoms with Crippen LogP contribution in [0, 0.1) is 19.8 Å². The van der Waals surface area contributed by atoms with E-state index in [9.17, 15) is 5.11 Å². The lowest BCUT2D eigenvalue weighted by Crippen LogP contribution is -2.32. The summed E-state index contributed by atoms with van der Waals surface area (Å²) in [5.41, 5.74) is 1.29. The van der Waals surface area contributed by atoms with Gasteiger partial charge in [-0.2, -0.15) is 4.98 Å². The average molecular weight is 278 g/mol. The lowest BCUT2D eigenvalue weighted by molar-refractivity contribution is 0.0959. The molecule has 1 saturated heterocycles. The number of aliphatic hydroxyl groups excluding tert-OH is 1. The molecule has 7 heteroatoms. The second-order valence-electron chi connectivity index (χ2n) is 5.11. The molecule has 0 radical (unpaired) electrons. The summed E-state index contributed by atoms with van der Waals surface area (Å²) in [5.74, 6) is 1.55. The van der Waals surface area contributed by atoms with Crippen molar-refractivity contribution in [2.45, 2.75) is 13.8 Å². The average Bonchev–Trinajstić information content (AvgIpc) is 2.67. The summed E-state index contributed by atoms with van der Waals surface area (Å²) < 4.78 is 10.8. The topological polar surface area (TPSA) is 84.5 Å². The molecular weight excluding hydrogens is 260 g/mol. The Balaban J connectivity index is 2.05. The summed E-state index contributed by atoms with van der Waals surface area (Å²) in [6.07, 6.45) is 0. The molecular formula is C13H18N4O3. The zero-order valence-electron chi connectivity index (χ0n) is 11.7. The second kappa shape index (κ2) is 5.34. The van der Waals surface area contributed by atoms with Crippen LogP contribution in [0.2, 0.25) is 0 Å². The molecule has 0 aliphatic carbocycles. The van der Waals surface area contributed by atoms with Gasteiger partial charge in [0.25, 0.3) is 5.71 Å². The van der Waals surface area contributed by atoms with Gasteiger partial charge in [0, 0.05) is 25.6 Å². The standard InChI is InChI=1S/C13H18N4O3/c1-8-11-12(14-9(2)15-13(11)20-16-8)17-3-4-19-7-10(5-17)6-18/h10,18H,3-7H2,1-2H3/t10-/m0/s1.